The molecule has 3 rings (SSSR count). The standard InChI is InChI=1S/C29H45FO2/c1-6-29(32,7-2)17-8-10-20(3)25-14-15-26-22(11-9-16-28(25,26)5)12-13-23-18-24(31)19-27(30)21(23)4/h12-14,20,24,26-27,31-32H,4,6-11,15-19H2,1-3,5H3/b22-12-,23-13+. The summed E-state index contributed by atoms with van der Waals surface area (Å²) in [5, 5.41) is 20.6. The highest BCUT2D eigenvalue weighted by Gasteiger charge is 2.45. The number of rotatable bonds is 8. The van der Waals surface area contributed by atoms with Gasteiger partial charge < -0.3 is 10.2 Å². The van der Waals surface area contributed by atoms with Crippen LogP contribution in [0.25, 0.3) is 0 Å². The van der Waals surface area contributed by atoms with E-state index < -0.39 is 17.9 Å². The van der Waals surface area contributed by atoms with Gasteiger partial charge in [0.05, 0.1) is 11.7 Å². The Labute approximate surface area is 195 Å². The quantitative estimate of drug-likeness (QED) is 0.383. The first-order valence-electron chi connectivity index (χ1n) is 13.0. The average Bonchev–Trinajstić information content (AvgIpc) is 3.12. The lowest BCUT2D eigenvalue weighted by Gasteiger charge is -2.42. The van der Waals surface area contributed by atoms with Crippen molar-refractivity contribution < 1.29 is 14.6 Å². The fraction of sp³-hybridized carbons (Fsp3) is 0.724. The summed E-state index contributed by atoms with van der Waals surface area (Å²) in [7, 11) is 0. The fourth-order valence-electron chi connectivity index (χ4n) is 6.55. The van der Waals surface area contributed by atoms with Gasteiger partial charge in [0.15, 0.2) is 0 Å². The van der Waals surface area contributed by atoms with Crippen molar-refractivity contribution in [2.75, 3.05) is 0 Å². The molecular weight excluding hydrogens is 399 g/mol. The van der Waals surface area contributed by atoms with Crippen LogP contribution < -0.4 is 0 Å². The Balaban J connectivity index is 1.68. The van der Waals surface area contributed by atoms with Gasteiger partial charge in [-0.05, 0) is 86.2 Å². The van der Waals surface area contributed by atoms with Crippen LogP contribution in [0, 0.1) is 17.3 Å². The summed E-state index contributed by atoms with van der Waals surface area (Å²) >= 11 is 0. The zero-order valence-corrected chi connectivity index (χ0v) is 20.8. The maximum atomic E-state index is 14.1. The van der Waals surface area contributed by atoms with Gasteiger partial charge in [0, 0.05) is 6.42 Å². The van der Waals surface area contributed by atoms with E-state index in [0.29, 0.717) is 23.8 Å². The SMILES string of the molecule is C=C1/C(=C/C=C2/CCCC3(C)C(C(C)CCCC(O)(CC)CC)=CCC23)CC(O)CC1F. The molecule has 32 heavy (non-hydrogen) atoms. The van der Waals surface area contributed by atoms with Crippen molar-refractivity contribution in [2.45, 2.75) is 116 Å². The first-order chi connectivity index (χ1) is 15.1. The van der Waals surface area contributed by atoms with E-state index in [1.54, 1.807) is 5.57 Å². The minimum Gasteiger partial charge on any atom is -0.393 e. The Kier molecular flexibility index (Phi) is 8.25. The molecule has 0 spiro atoms. The normalized spacial score (nSPS) is 34.7. The van der Waals surface area contributed by atoms with E-state index in [-0.39, 0.29) is 11.8 Å². The lowest BCUT2D eigenvalue weighted by atomic mass is 9.62. The van der Waals surface area contributed by atoms with Gasteiger partial charge in [0.1, 0.15) is 6.17 Å². The van der Waals surface area contributed by atoms with Gasteiger partial charge in [0.2, 0.25) is 0 Å². The summed E-state index contributed by atoms with van der Waals surface area (Å²) < 4.78 is 14.1. The molecule has 2 nitrogen and oxygen atoms in total. The molecule has 2 saturated carbocycles. The van der Waals surface area contributed by atoms with Gasteiger partial charge in [0.25, 0.3) is 0 Å². The lowest BCUT2D eigenvalue weighted by molar-refractivity contribution is 0.0204. The minimum atomic E-state index is -1.13. The molecule has 0 heterocycles. The molecule has 0 aliphatic heterocycles. The van der Waals surface area contributed by atoms with Crippen LogP contribution in [0.3, 0.4) is 0 Å². The van der Waals surface area contributed by atoms with E-state index in [1.165, 1.54) is 18.4 Å². The van der Waals surface area contributed by atoms with Crippen LogP contribution in [0.15, 0.2) is 47.1 Å². The van der Waals surface area contributed by atoms with Crippen molar-refractivity contribution in [3.8, 4) is 0 Å². The van der Waals surface area contributed by atoms with Gasteiger partial charge in [-0.2, -0.15) is 0 Å². The van der Waals surface area contributed by atoms with Crippen LogP contribution in [0.1, 0.15) is 98.3 Å². The van der Waals surface area contributed by atoms with Crippen LogP contribution in [0.2, 0.25) is 0 Å². The Bertz CT molecular complexity index is 772. The van der Waals surface area contributed by atoms with E-state index in [1.807, 2.05) is 6.08 Å². The Morgan fingerprint density at radius 2 is 2.03 bits per heavy atom. The molecule has 3 aliphatic carbocycles. The van der Waals surface area contributed by atoms with Crippen molar-refractivity contribution in [1.29, 1.82) is 0 Å². The molecule has 0 aromatic rings. The fourth-order valence-corrected chi connectivity index (χ4v) is 6.55. The van der Waals surface area contributed by atoms with Gasteiger partial charge in [-0.3, -0.25) is 0 Å². The number of aliphatic hydroxyl groups excluding tert-OH is 1. The monoisotopic (exact) mass is 444 g/mol. The third-order valence-electron chi connectivity index (χ3n) is 8.96. The third kappa shape index (κ3) is 5.30. The summed E-state index contributed by atoms with van der Waals surface area (Å²) in [5.41, 5.74) is 4.20. The van der Waals surface area contributed by atoms with Crippen molar-refractivity contribution in [3.63, 3.8) is 0 Å². The number of halogens is 1. The highest BCUT2D eigenvalue weighted by Crippen LogP contribution is 2.57. The van der Waals surface area contributed by atoms with Gasteiger partial charge in [-0.15, -0.1) is 0 Å². The molecule has 0 bridgehead atoms. The number of hydrogen-bond donors (Lipinski definition) is 2. The van der Waals surface area contributed by atoms with E-state index >= 15 is 0 Å². The van der Waals surface area contributed by atoms with Crippen molar-refractivity contribution >= 4 is 0 Å². The van der Waals surface area contributed by atoms with Gasteiger partial charge in [-0.1, -0.05) is 70.1 Å². The molecule has 2 fully saturated rings. The second-order valence-corrected chi connectivity index (χ2v) is 11.0. The van der Waals surface area contributed by atoms with Gasteiger partial charge >= 0.3 is 0 Å². The summed E-state index contributed by atoms with van der Waals surface area (Å²) in [6.07, 6.45) is 15.1. The second kappa shape index (κ2) is 10.4. The van der Waals surface area contributed by atoms with Crippen LogP contribution in [-0.4, -0.2) is 28.1 Å². The lowest BCUT2D eigenvalue weighted by Crippen LogP contribution is -2.32. The Morgan fingerprint density at radius 3 is 2.72 bits per heavy atom. The highest BCUT2D eigenvalue weighted by atomic mass is 19.1. The molecule has 3 aliphatic rings. The van der Waals surface area contributed by atoms with Crippen LogP contribution in [-0.2, 0) is 0 Å². The van der Waals surface area contributed by atoms with Crippen LogP contribution in [0.5, 0.6) is 0 Å². The second-order valence-electron chi connectivity index (χ2n) is 11.0. The summed E-state index contributed by atoms with van der Waals surface area (Å²) in [4.78, 5) is 0. The maximum absolute atomic E-state index is 14.1. The van der Waals surface area contributed by atoms with Crippen LogP contribution >= 0.6 is 0 Å². The topological polar surface area (TPSA) is 40.5 Å². The number of allylic oxidation sites excluding steroid dienone is 6. The van der Waals surface area contributed by atoms with Gasteiger partial charge in [-0.25, -0.2) is 4.39 Å². The number of fused-ring (bicyclic) bond motifs is 1. The number of aliphatic hydroxyl groups is 2. The first kappa shape index (κ1) is 25.4. The largest absolute Gasteiger partial charge is 0.393 e. The van der Waals surface area contributed by atoms with E-state index in [4.69, 9.17) is 0 Å². The predicted molar refractivity (Wildman–Crippen MR) is 132 cm³/mol. The third-order valence-corrected chi connectivity index (χ3v) is 8.96. The smallest absolute Gasteiger partial charge is 0.127 e. The molecule has 180 valence electrons. The van der Waals surface area contributed by atoms with Crippen molar-refractivity contribution in [3.05, 3.63) is 47.1 Å². The van der Waals surface area contributed by atoms with E-state index in [9.17, 15) is 14.6 Å². The molecule has 2 N–H and O–H groups in total. The molecule has 0 aromatic carbocycles. The summed E-state index contributed by atoms with van der Waals surface area (Å²) in [6, 6.07) is 0. The minimum absolute atomic E-state index is 0.173. The Morgan fingerprint density at radius 1 is 1.31 bits per heavy atom. The molecule has 0 saturated heterocycles. The average molecular weight is 445 g/mol. The first-order valence-corrected chi connectivity index (χ1v) is 13.0. The molecule has 5 unspecified atom stereocenters. The molecule has 0 radical (unpaired) electrons. The highest BCUT2D eigenvalue weighted by molar-refractivity contribution is 5.40. The molecule has 5 atom stereocenters. The number of alkyl halides is 1. The predicted octanol–water partition coefficient (Wildman–Crippen LogP) is 7.38. The zero-order chi connectivity index (χ0) is 23.5. The van der Waals surface area contributed by atoms with E-state index in [0.717, 1.165) is 50.5 Å². The molecular formula is C29H45FO2. The van der Waals surface area contributed by atoms with E-state index in [2.05, 4.69) is 46.4 Å². The number of hydrogen-bond acceptors (Lipinski definition) is 2. The van der Waals surface area contributed by atoms with Crippen molar-refractivity contribution in [1.82, 2.24) is 0 Å². The zero-order valence-electron chi connectivity index (χ0n) is 20.8. The summed E-state index contributed by atoms with van der Waals surface area (Å²) in [5.74, 6) is 1.07. The Hall–Kier alpha value is -1.19. The molecule has 0 aromatic heterocycles. The maximum Gasteiger partial charge on any atom is 0.127 e. The molecule has 3 heteroatoms. The van der Waals surface area contributed by atoms with Crippen LogP contribution in [0.4, 0.5) is 4.39 Å². The molecule has 0 amide bonds. The summed E-state index contributed by atoms with van der Waals surface area (Å²) in [6.45, 7) is 12.9. The van der Waals surface area contributed by atoms with Crippen molar-refractivity contribution in [2.24, 2.45) is 17.3 Å².